The molecule has 6 nitrogen and oxygen atoms in total. The van der Waals surface area contributed by atoms with Gasteiger partial charge in [0, 0.05) is 12.5 Å². The quantitative estimate of drug-likeness (QED) is 0.722. The van der Waals surface area contributed by atoms with Crippen LogP contribution in [0.3, 0.4) is 0 Å². The summed E-state index contributed by atoms with van der Waals surface area (Å²) in [5, 5.41) is 0.0735. The molecular formula is C8H5BrN2O4S. The molecule has 0 spiro atoms. The molecule has 0 atom stereocenters. The van der Waals surface area contributed by atoms with E-state index in [2.05, 4.69) is 25.9 Å². The average Bonchev–Trinajstić information content (AvgIpc) is 2.17. The van der Waals surface area contributed by atoms with Crippen LogP contribution in [0.4, 0.5) is 0 Å². The SMILES string of the molecule is CS(=O)(=O)c1ncc2cc(Br)c(=O)oc2n1. The molecule has 0 aromatic carbocycles. The molecule has 16 heavy (non-hydrogen) atoms. The second-order valence-corrected chi connectivity index (χ2v) is 5.83. The summed E-state index contributed by atoms with van der Waals surface area (Å²) in [7, 11) is -3.51. The van der Waals surface area contributed by atoms with E-state index >= 15 is 0 Å². The first-order valence-corrected chi connectivity index (χ1v) is 6.73. The molecule has 2 aromatic rings. The minimum Gasteiger partial charge on any atom is -0.403 e. The van der Waals surface area contributed by atoms with Crippen molar-refractivity contribution in [3.63, 3.8) is 0 Å². The van der Waals surface area contributed by atoms with Gasteiger partial charge in [0.05, 0.1) is 5.39 Å². The van der Waals surface area contributed by atoms with Gasteiger partial charge in [0.15, 0.2) is 0 Å². The Balaban J connectivity index is 2.82. The molecule has 0 N–H and O–H groups in total. The van der Waals surface area contributed by atoms with Crippen LogP contribution in [0.5, 0.6) is 0 Å². The first kappa shape index (κ1) is 11.2. The minimum atomic E-state index is -3.51. The molecule has 0 saturated heterocycles. The van der Waals surface area contributed by atoms with Gasteiger partial charge < -0.3 is 4.42 Å². The number of rotatable bonds is 1. The standard InChI is InChI=1S/C8H5BrN2O4S/c1-16(13,14)8-10-3-4-2-5(9)7(12)15-6(4)11-8/h2-3H,1H3. The molecule has 2 heterocycles. The van der Waals surface area contributed by atoms with Gasteiger partial charge in [0.2, 0.25) is 20.7 Å². The third kappa shape index (κ3) is 1.98. The first-order valence-electron chi connectivity index (χ1n) is 4.04. The van der Waals surface area contributed by atoms with Gasteiger partial charge in [-0.05, 0) is 22.0 Å². The maximum atomic E-state index is 11.2. The lowest BCUT2D eigenvalue weighted by molar-refractivity contribution is 0.536. The summed E-state index contributed by atoms with van der Waals surface area (Å²) in [6, 6.07) is 1.47. The summed E-state index contributed by atoms with van der Waals surface area (Å²) in [6.07, 6.45) is 2.26. The number of halogens is 1. The number of sulfone groups is 1. The highest BCUT2D eigenvalue weighted by molar-refractivity contribution is 9.10. The van der Waals surface area contributed by atoms with Crippen molar-refractivity contribution in [2.24, 2.45) is 0 Å². The summed E-state index contributed by atoms with van der Waals surface area (Å²) >= 11 is 2.99. The lowest BCUT2D eigenvalue weighted by atomic mass is 10.4. The number of hydrogen-bond donors (Lipinski definition) is 0. The molecule has 2 aromatic heterocycles. The van der Waals surface area contributed by atoms with Crippen molar-refractivity contribution in [2.45, 2.75) is 5.16 Å². The van der Waals surface area contributed by atoms with Crippen LogP contribution in [0.15, 0.2) is 31.1 Å². The fraction of sp³-hybridized carbons (Fsp3) is 0.125. The van der Waals surface area contributed by atoms with Crippen LogP contribution in [0.1, 0.15) is 0 Å². The van der Waals surface area contributed by atoms with Crippen molar-refractivity contribution >= 4 is 36.9 Å². The number of fused-ring (bicyclic) bond motifs is 1. The highest BCUT2D eigenvalue weighted by atomic mass is 79.9. The van der Waals surface area contributed by atoms with Crippen molar-refractivity contribution in [1.29, 1.82) is 0 Å². The molecule has 2 rings (SSSR count). The van der Waals surface area contributed by atoms with Crippen LogP contribution in [0.25, 0.3) is 11.1 Å². The lowest BCUT2D eigenvalue weighted by Crippen LogP contribution is -2.06. The molecule has 0 saturated carbocycles. The monoisotopic (exact) mass is 304 g/mol. The zero-order valence-electron chi connectivity index (χ0n) is 7.97. The van der Waals surface area contributed by atoms with E-state index in [4.69, 9.17) is 4.42 Å². The van der Waals surface area contributed by atoms with Gasteiger partial charge in [-0.25, -0.2) is 18.2 Å². The average molecular weight is 305 g/mol. The molecule has 0 aliphatic carbocycles. The van der Waals surface area contributed by atoms with E-state index in [0.29, 0.717) is 5.39 Å². The van der Waals surface area contributed by atoms with E-state index in [0.717, 1.165) is 6.26 Å². The fourth-order valence-corrected chi connectivity index (χ4v) is 1.87. The Bertz CT molecular complexity index is 722. The van der Waals surface area contributed by atoms with Gasteiger partial charge in [-0.1, -0.05) is 0 Å². The third-order valence-electron chi connectivity index (χ3n) is 1.76. The van der Waals surface area contributed by atoms with Crippen LogP contribution in [0.2, 0.25) is 0 Å². The minimum absolute atomic E-state index is 0.0522. The Morgan fingerprint density at radius 1 is 1.44 bits per heavy atom. The fourth-order valence-electron chi connectivity index (χ4n) is 1.05. The second-order valence-electron chi connectivity index (χ2n) is 3.07. The Morgan fingerprint density at radius 2 is 2.12 bits per heavy atom. The van der Waals surface area contributed by atoms with E-state index in [-0.39, 0.29) is 15.3 Å². The molecule has 0 aliphatic rings. The van der Waals surface area contributed by atoms with Gasteiger partial charge in [0.1, 0.15) is 4.47 Å². The normalized spacial score (nSPS) is 11.9. The van der Waals surface area contributed by atoms with Crippen LogP contribution in [-0.4, -0.2) is 24.6 Å². The summed E-state index contributed by atoms with van der Waals surface area (Å²) in [6.45, 7) is 0. The molecule has 0 unspecified atom stereocenters. The van der Waals surface area contributed by atoms with Gasteiger partial charge in [-0.3, -0.25) is 0 Å². The maximum absolute atomic E-state index is 11.2. The smallest absolute Gasteiger partial charge is 0.352 e. The van der Waals surface area contributed by atoms with E-state index < -0.39 is 15.5 Å². The van der Waals surface area contributed by atoms with E-state index in [9.17, 15) is 13.2 Å². The van der Waals surface area contributed by atoms with Crippen molar-refractivity contribution < 1.29 is 12.8 Å². The summed E-state index contributed by atoms with van der Waals surface area (Å²) in [5.41, 5.74) is -0.672. The molecule has 84 valence electrons. The number of hydrogen-bond acceptors (Lipinski definition) is 6. The molecule has 0 aliphatic heterocycles. The predicted molar refractivity (Wildman–Crippen MR) is 58.9 cm³/mol. The first-order chi connectivity index (χ1) is 7.38. The van der Waals surface area contributed by atoms with Crippen molar-refractivity contribution in [1.82, 2.24) is 9.97 Å². The highest BCUT2D eigenvalue weighted by Crippen LogP contribution is 2.14. The highest BCUT2D eigenvalue weighted by Gasteiger charge is 2.13. The van der Waals surface area contributed by atoms with Crippen LogP contribution >= 0.6 is 15.9 Å². The van der Waals surface area contributed by atoms with E-state index in [1.54, 1.807) is 0 Å². The summed E-state index contributed by atoms with van der Waals surface area (Å²) < 4.78 is 27.4. The molecule has 0 radical (unpaired) electrons. The second kappa shape index (κ2) is 3.63. The van der Waals surface area contributed by atoms with Crippen LogP contribution in [0, 0.1) is 0 Å². The molecular weight excluding hydrogens is 300 g/mol. The van der Waals surface area contributed by atoms with Crippen LogP contribution < -0.4 is 5.63 Å². The lowest BCUT2D eigenvalue weighted by Gasteiger charge is -1.98. The number of nitrogens with zero attached hydrogens (tertiary/aromatic N) is 2. The summed E-state index contributed by atoms with van der Waals surface area (Å²) in [4.78, 5) is 18.5. The third-order valence-corrected chi connectivity index (χ3v) is 3.17. The number of aromatic nitrogens is 2. The Hall–Kier alpha value is -1.28. The van der Waals surface area contributed by atoms with E-state index in [1.807, 2.05) is 0 Å². The van der Waals surface area contributed by atoms with E-state index in [1.165, 1.54) is 12.3 Å². The largest absolute Gasteiger partial charge is 0.403 e. The van der Waals surface area contributed by atoms with Gasteiger partial charge >= 0.3 is 5.63 Å². The molecule has 0 amide bonds. The molecule has 0 fully saturated rings. The topological polar surface area (TPSA) is 90.1 Å². The zero-order valence-corrected chi connectivity index (χ0v) is 10.4. The zero-order chi connectivity index (χ0) is 11.9. The maximum Gasteiger partial charge on any atom is 0.352 e. The van der Waals surface area contributed by atoms with Gasteiger partial charge in [-0.2, -0.15) is 4.98 Å². The summed E-state index contributed by atoms with van der Waals surface area (Å²) in [5.74, 6) is 0. The van der Waals surface area contributed by atoms with Gasteiger partial charge in [0.25, 0.3) is 0 Å². The van der Waals surface area contributed by atoms with Crippen molar-refractivity contribution in [2.75, 3.05) is 6.26 Å². The van der Waals surface area contributed by atoms with Crippen molar-refractivity contribution in [3.8, 4) is 0 Å². The Labute approximate surface area is 98.4 Å². The predicted octanol–water partition coefficient (Wildman–Crippen LogP) is 0.749. The Kier molecular flexibility index (Phi) is 2.55. The molecule has 8 heteroatoms. The van der Waals surface area contributed by atoms with Gasteiger partial charge in [-0.15, -0.1) is 0 Å². The van der Waals surface area contributed by atoms with Crippen molar-refractivity contribution in [3.05, 3.63) is 27.2 Å². The van der Waals surface area contributed by atoms with Crippen LogP contribution in [-0.2, 0) is 9.84 Å². The Morgan fingerprint density at radius 3 is 2.75 bits per heavy atom. The molecule has 0 bridgehead atoms.